The average Bonchev–Trinajstić information content (AvgIpc) is 2.37. The van der Waals surface area contributed by atoms with Gasteiger partial charge >= 0.3 is 6.03 Å². The van der Waals surface area contributed by atoms with Gasteiger partial charge in [-0.05, 0) is 12.8 Å². The summed E-state index contributed by atoms with van der Waals surface area (Å²) in [5, 5.41) is 4.10. The van der Waals surface area contributed by atoms with E-state index in [1.165, 1.54) is 5.56 Å². The monoisotopic (exact) mass is 278 g/mol. The third-order valence-electron chi connectivity index (χ3n) is 3.13. The summed E-state index contributed by atoms with van der Waals surface area (Å²) in [5.74, 6) is 0.157. The van der Waals surface area contributed by atoms with Crippen LogP contribution in [-0.4, -0.2) is 18.0 Å². The molecule has 3 amide bonds. The van der Waals surface area contributed by atoms with E-state index in [1.807, 2.05) is 23.5 Å². The number of carbonyl (C=O) groups excluding carboxylic acids is 2. The number of hydrogen-bond donors (Lipinski definition) is 3. The fourth-order valence-corrected chi connectivity index (χ4v) is 2.20. The van der Waals surface area contributed by atoms with Crippen LogP contribution < -0.4 is 16.4 Å². The summed E-state index contributed by atoms with van der Waals surface area (Å²) in [5.41, 5.74) is 6.15. The van der Waals surface area contributed by atoms with Gasteiger partial charge in [0.05, 0.1) is 0 Å². The molecule has 0 saturated carbocycles. The second-order valence-electron chi connectivity index (χ2n) is 5.48. The summed E-state index contributed by atoms with van der Waals surface area (Å²) < 4.78 is 0. The Hall–Kier alpha value is -1.88. The van der Waals surface area contributed by atoms with Crippen molar-refractivity contribution in [3.8, 4) is 0 Å². The molecular weight excluding hydrogens is 254 g/mol. The number of nitrogens with one attached hydrogen (secondary N) is 1. The van der Waals surface area contributed by atoms with Gasteiger partial charge < -0.3 is 11.1 Å². The van der Waals surface area contributed by atoms with Gasteiger partial charge in [0, 0.05) is 12.0 Å². The lowest BCUT2D eigenvalue weighted by Gasteiger charge is -2.21. The Labute approximate surface area is 119 Å². The van der Waals surface area contributed by atoms with Crippen LogP contribution >= 0.6 is 0 Å². The zero-order valence-corrected chi connectivity index (χ0v) is 12.3. The van der Waals surface area contributed by atoms with Crippen LogP contribution in [0.2, 0.25) is 0 Å². The van der Waals surface area contributed by atoms with E-state index in [-0.39, 0.29) is 18.0 Å². The van der Waals surface area contributed by atoms with Gasteiger partial charge in [0.2, 0.25) is 0 Å². The number of carbonyl (C=O) groups is 2. The van der Waals surface area contributed by atoms with Crippen molar-refractivity contribution in [3.63, 3.8) is 0 Å². The maximum atomic E-state index is 11.8. The maximum Gasteiger partial charge on any atom is 0.319 e. The standard InChI is InChI=1S/C15H23N3O2/c1-10(2)9-13(12-7-5-4-6-8-12)17-11(3)14(19)18-15(16)20/h4-8,10-11,13,17H,9H2,1-3H3,(H3,16,18,19,20)/p+1/t11-,13-/m0/s1. The minimum absolute atomic E-state index is 0.185. The lowest BCUT2D eigenvalue weighted by molar-refractivity contribution is -0.714. The smallest absolute Gasteiger partial charge is 0.319 e. The molecule has 5 nitrogen and oxygen atoms in total. The zero-order valence-electron chi connectivity index (χ0n) is 12.3. The second-order valence-corrected chi connectivity index (χ2v) is 5.48. The normalized spacial score (nSPS) is 13.8. The molecule has 0 spiro atoms. The third kappa shape index (κ3) is 5.40. The molecule has 5 heteroatoms. The Morgan fingerprint density at radius 2 is 1.80 bits per heavy atom. The minimum atomic E-state index is -0.810. The first-order chi connectivity index (χ1) is 9.40. The maximum absolute atomic E-state index is 11.8. The first-order valence-corrected chi connectivity index (χ1v) is 6.90. The van der Waals surface area contributed by atoms with Gasteiger partial charge in [-0.3, -0.25) is 10.1 Å². The van der Waals surface area contributed by atoms with Crippen LogP contribution in [0.5, 0.6) is 0 Å². The highest BCUT2D eigenvalue weighted by atomic mass is 16.2. The first kappa shape index (κ1) is 16.2. The third-order valence-corrected chi connectivity index (χ3v) is 3.13. The fourth-order valence-electron chi connectivity index (χ4n) is 2.20. The molecule has 0 aromatic heterocycles. The summed E-state index contributed by atoms with van der Waals surface area (Å²) in [6.45, 7) is 6.07. The van der Waals surface area contributed by atoms with Crippen molar-refractivity contribution in [1.29, 1.82) is 0 Å². The van der Waals surface area contributed by atoms with Crippen molar-refractivity contribution in [2.45, 2.75) is 39.3 Å². The molecule has 0 aliphatic rings. The van der Waals surface area contributed by atoms with E-state index in [2.05, 4.69) is 31.3 Å². The van der Waals surface area contributed by atoms with Crippen LogP contribution in [0.1, 0.15) is 38.8 Å². The van der Waals surface area contributed by atoms with Crippen molar-refractivity contribution in [2.75, 3.05) is 0 Å². The Morgan fingerprint density at radius 1 is 1.20 bits per heavy atom. The summed E-state index contributed by atoms with van der Waals surface area (Å²) >= 11 is 0. The lowest BCUT2D eigenvalue weighted by Crippen LogP contribution is -2.92. The van der Waals surface area contributed by atoms with Crippen molar-refractivity contribution in [1.82, 2.24) is 5.32 Å². The van der Waals surface area contributed by atoms with E-state index in [1.54, 1.807) is 6.92 Å². The van der Waals surface area contributed by atoms with Crippen LogP contribution in [0.3, 0.4) is 0 Å². The Bertz CT molecular complexity index is 446. The van der Waals surface area contributed by atoms with Crippen LogP contribution in [0.4, 0.5) is 4.79 Å². The number of nitrogens with two attached hydrogens (primary N) is 2. The molecule has 0 saturated heterocycles. The second kappa shape index (κ2) is 7.65. The first-order valence-electron chi connectivity index (χ1n) is 6.90. The molecule has 0 aliphatic carbocycles. The van der Waals surface area contributed by atoms with Crippen LogP contribution in [0, 0.1) is 5.92 Å². The predicted octanol–water partition coefficient (Wildman–Crippen LogP) is 0.921. The van der Waals surface area contributed by atoms with E-state index in [0.717, 1.165) is 6.42 Å². The predicted molar refractivity (Wildman–Crippen MR) is 77.8 cm³/mol. The van der Waals surface area contributed by atoms with Gasteiger partial charge in [0.1, 0.15) is 6.04 Å². The van der Waals surface area contributed by atoms with Crippen molar-refractivity contribution in [3.05, 3.63) is 35.9 Å². The number of imide groups is 1. The van der Waals surface area contributed by atoms with Crippen LogP contribution in [0.15, 0.2) is 30.3 Å². The molecule has 0 aliphatic heterocycles. The highest BCUT2D eigenvalue weighted by Crippen LogP contribution is 2.17. The van der Waals surface area contributed by atoms with Gasteiger partial charge in [0.15, 0.2) is 6.04 Å². The fraction of sp³-hybridized carbons (Fsp3) is 0.467. The van der Waals surface area contributed by atoms with Gasteiger partial charge in [-0.15, -0.1) is 0 Å². The highest BCUT2D eigenvalue weighted by Gasteiger charge is 2.24. The zero-order chi connectivity index (χ0) is 15.1. The molecule has 0 fully saturated rings. The largest absolute Gasteiger partial charge is 0.351 e. The number of hydrogen-bond acceptors (Lipinski definition) is 2. The van der Waals surface area contributed by atoms with Crippen molar-refractivity contribution in [2.24, 2.45) is 11.7 Å². The SMILES string of the molecule is CC(C)C[C@H]([NH2+][C@@H](C)C(=O)NC(N)=O)c1ccccc1. The number of primary amides is 1. The van der Waals surface area contributed by atoms with E-state index in [9.17, 15) is 9.59 Å². The topological polar surface area (TPSA) is 88.8 Å². The molecule has 0 bridgehead atoms. The Kier molecular flexibility index (Phi) is 6.18. The lowest BCUT2D eigenvalue weighted by atomic mass is 9.96. The highest BCUT2D eigenvalue weighted by molar-refractivity contribution is 5.95. The Morgan fingerprint density at radius 3 is 2.30 bits per heavy atom. The molecule has 5 N–H and O–H groups in total. The van der Waals surface area contributed by atoms with E-state index < -0.39 is 6.03 Å². The minimum Gasteiger partial charge on any atom is -0.351 e. The molecule has 0 unspecified atom stereocenters. The van der Waals surface area contributed by atoms with Crippen LogP contribution in [0.25, 0.3) is 0 Å². The summed E-state index contributed by atoms with van der Waals surface area (Å²) in [7, 11) is 0. The molecule has 20 heavy (non-hydrogen) atoms. The van der Waals surface area contributed by atoms with Gasteiger partial charge in [-0.25, -0.2) is 4.79 Å². The number of quaternary nitrogens is 1. The quantitative estimate of drug-likeness (QED) is 0.722. The molecular formula is C15H24N3O2+. The van der Waals surface area contributed by atoms with Crippen LogP contribution in [-0.2, 0) is 4.79 Å². The van der Waals surface area contributed by atoms with E-state index in [4.69, 9.17) is 5.73 Å². The number of urea groups is 1. The average molecular weight is 278 g/mol. The number of amides is 3. The number of rotatable bonds is 6. The van der Waals surface area contributed by atoms with Crippen molar-refractivity contribution < 1.29 is 14.9 Å². The summed E-state index contributed by atoms with van der Waals surface area (Å²) in [6.07, 6.45) is 0.957. The molecule has 1 rings (SSSR count). The van der Waals surface area contributed by atoms with Crippen molar-refractivity contribution >= 4 is 11.9 Å². The van der Waals surface area contributed by atoms with E-state index >= 15 is 0 Å². The summed E-state index contributed by atoms with van der Waals surface area (Å²) in [4.78, 5) is 22.5. The Balaban J connectivity index is 2.75. The molecule has 2 atom stereocenters. The van der Waals surface area contributed by atoms with Gasteiger partial charge in [-0.1, -0.05) is 44.2 Å². The summed E-state index contributed by atoms with van der Waals surface area (Å²) in [6, 6.07) is 9.07. The van der Waals surface area contributed by atoms with Gasteiger partial charge in [0.25, 0.3) is 5.91 Å². The molecule has 0 heterocycles. The van der Waals surface area contributed by atoms with E-state index in [0.29, 0.717) is 5.92 Å². The molecule has 110 valence electrons. The molecule has 1 aromatic rings. The van der Waals surface area contributed by atoms with Gasteiger partial charge in [-0.2, -0.15) is 0 Å². The number of benzene rings is 1. The molecule has 0 radical (unpaired) electrons. The molecule has 1 aromatic carbocycles.